The third-order valence-electron chi connectivity index (χ3n) is 3.72. The lowest BCUT2D eigenvalue weighted by molar-refractivity contribution is -0.291. The summed E-state index contributed by atoms with van der Waals surface area (Å²) in [5.41, 5.74) is 3.01. The summed E-state index contributed by atoms with van der Waals surface area (Å²) in [5.74, 6) is -0.397. The third kappa shape index (κ3) is 6.71. The van der Waals surface area contributed by atoms with Crippen LogP contribution in [0.15, 0.2) is 23.3 Å². The van der Waals surface area contributed by atoms with E-state index in [1.54, 1.807) is 0 Å². The molecule has 0 amide bonds. The van der Waals surface area contributed by atoms with Crippen LogP contribution >= 0.6 is 0 Å². The molecule has 0 bridgehead atoms. The van der Waals surface area contributed by atoms with E-state index < -0.39 is 5.79 Å². The molecule has 1 aliphatic rings. The molecule has 1 fully saturated rings. The van der Waals surface area contributed by atoms with Gasteiger partial charge in [-0.15, -0.1) is 0 Å². The second-order valence-corrected chi connectivity index (χ2v) is 7.28. The molecule has 0 N–H and O–H groups in total. The van der Waals surface area contributed by atoms with E-state index in [2.05, 4.69) is 53.7 Å². The van der Waals surface area contributed by atoms with Crippen molar-refractivity contribution in [3.63, 3.8) is 0 Å². The van der Waals surface area contributed by atoms with Gasteiger partial charge in [0.25, 0.3) is 0 Å². The van der Waals surface area contributed by atoms with Crippen LogP contribution in [-0.2, 0) is 9.47 Å². The number of allylic oxidation sites excluding steroid dienone is 4. The zero-order valence-corrected chi connectivity index (χ0v) is 14.2. The average molecular weight is 280 g/mol. The normalized spacial score (nSPS) is 21.6. The zero-order chi connectivity index (χ0) is 15.2. The second kappa shape index (κ2) is 7.42. The van der Waals surface area contributed by atoms with Gasteiger partial charge in [-0.1, -0.05) is 37.1 Å². The van der Waals surface area contributed by atoms with Gasteiger partial charge in [0.15, 0.2) is 5.79 Å². The van der Waals surface area contributed by atoms with Gasteiger partial charge in [0.05, 0.1) is 13.2 Å². The molecular weight excluding hydrogens is 248 g/mol. The SMILES string of the molecule is CC(C)=CCC/C(C)=C\CCC1(C)OCC(C)(C)CO1. The van der Waals surface area contributed by atoms with Crippen molar-refractivity contribution < 1.29 is 9.47 Å². The van der Waals surface area contributed by atoms with Crippen LogP contribution in [0.25, 0.3) is 0 Å². The summed E-state index contributed by atoms with van der Waals surface area (Å²) in [6.45, 7) is 14.5. The van der Waals surface area contributed by atoms with Gasteiger partial charge in [-0.2, -0.15) is 0 Å². The van der Waals surface area contributed by atoms with E-state index in [9.17, 15) is 0 Å². The van der Waals surface area contributed by atoms with Crippen LogP contribution in [0.5, 0.6) is 0 Å². The molecular formula is C18H32O2. The van der Waals surface area contributed by atoms with Gasteiger partial charge in [-0.25, -0.2) is 0 Å². The number of ether oxygens (including phenoxy) is 2. The molecule has 1 rings (SSSR count). The van der Waals surface area contributed by atoms with Crippen LogP contribution in [0.1, 0.15) is 67.2 Å². The average Bonchev–Trinajstić information content (AvgIpc) is 2.33. The molecule has 2 nitrogen and oxygen atoms in total. The summed E-state index contributed by atoms with van der Waals surface area (Å²) in [4.78, 5) is 0. The van der Waals surface area contributed by atoms with Gasteiger partial charge in [0.1, 0.15) is 0 Å². The van der Waals surface area contributed by atoms with E-state index in [0.29, 0.717) is 0 Å². The maximum Gasteiger partial charge on any atom is 0.165 e. The van der Waals surface area contributed by atoms with Crippen molar-refractivity contribution in [2.45, 2.75) is 73.0 Å². The fraction of sp³-hybridized carbons (Fsp3) is 0.778. The van der Waals surface area contributed by atoms with Crippen molar-refractivity contribution in [1.29, 1.82) is 0 Å². The van der Waals surface area contributed by atoms with Crippen LogP contribution in [-0.4, -0.2) is 19.0 Å². The molecule has 0 atom stereocenters. The molecule has 0 aliphatic carbocycles. The van der Waals surface area contributed by atoms with Crippen molar-refractivity contribution in [2.24, 2.45) is 5.41 Å². The monoisotopic (exact) mass is 280 g/mol. The minimum absolute atomic E-state index is 0.148. The highest BCUT2D eigenvalue weighted by atomic mass is 16.7. The van der Waals surface area contributed by atoms with E-state index in [1.165, 1.54) is 11.1 Å². The summed E-state index contributed by atoms with van der Waals surface area (Å²) in [5, 5.41) is 0. The second-order valence-electron chi connectivity index (χ2n) is 7.28. The first-order valence-corrected chi connectivity index (χ1v) is 7.79. The molecule has 0 spiro atoms. The fourth-order valence-corrected chi connectivity index (χ4v) is 2.20. The van der Waals surface area contributed by atoms with E-state index in [4.69, 9.17) is 9.47 Å². The van der Waals surface area contributed by atoms with Crippen molar-refractivity contribution in [1.82, 2.24) is 0 Å². The quantitative estimate of drug-likeness (QED) is 0.619. The number of hydrogen-bond donors (Lipinski definition) is 0. The van der Waals surface area contributed by atoms with Crippen LogP contribution in [0.3, 0.4) is 0 Å². The van der Waals surface area contributed by atoms with Crippen molar-refractivity contribution >= 4 is 0 Å². The Morgan fingerprint density at radius 2 is 1.55 bits per heavy atom. The summed E-state index contributed by atoms with van der Waals surface area (Å²) >= 11 is 0. The fourth-order valence-electron chi connectivity index (χ4n) is 2.20. The molecule has 1 heterocycles. The topological polar surface area (TPSA) is 18.5 Å². The minimum atomic E-state index is -0.397. The Balaban J connectivity index is 2.30. The molecule has 0 radical (unpaired) electrons. The molecule has 0 saturated carbocycles. The number of hydrogen-bond acceptors (Lipinski definition) is 2. The van der Waals surface area contributed by atoms with E-state index >= 15 is 0 Å². The molecule has 1 saturated heterocycles. The van der Waals surface area contributed by atoms with Crippen LogP contribution in [0.4, 0.5) is 0 Å². The summed E-state index contributed by atoms with van der Waals surface area (Å²) < 4.78 is 11.8. The maximum atomic E-state index is 5.91. The van der Waals surface area contributed by atoms with Gasteiger partial charge < -0.3 is 9.47 Å². The van der Waals surface area contributed by atoms with Gasteiger partial charge >= 0.3 is 0 Å². The Labute approximate surface area is 125 Å². The van der Waals surface area contributed by atoms with E-state index in [-0.39, 0.29) is 5.41 Å². The molecule has 0 aromatic carbocycles. The van der Waals surface area contributed by atoms with Gasteiger partial charge in [0.2, 0.25) is 0 Å². The molecule has 0 unspecified atom stereocenters. The van der Waals surface area contributed by atoms with Crippen LogP contribution in [0, 0.1) is 5.41 Å². The first kappa shape index (κ1) is 17.5. The standard InChI is InChI=1S/C18H32O2/c1-15(2)9-7-10-16(3)11-8-12-18(6)19-13-17(4,5)14-20-18/h9,11H,7-8,10,12-14H2,1-6H3/b16-11-. The minimum Gasteiger partial charge on any atom is -0.350 e. The maximum absolute atomic E-state index is 5.91. The lowest BCUT2D eigenvalue weighted by atomic mass is 9.94. The highest BCUT2D eigenvalue weighted by Gasteiger charge is 2.36. The summed E-state index contributed by atoms with van der Waals surface area (Å²) in [6, 6.07) is 0. The predicted molar refractivity (Wildman–Crippen MR) is 85.7 cm³/mol. The third-order valence-corrected chi connectivity index (χ3v) is 3.72. The van der Waals surface area contributed by atoms with Crippen LogP contribution < -0.4 is 0 Å². The van der Waals surface area contributed by atoms with E-state index in [1.807, 2.05) is 0 Å². The first-order chi connectivity index (χ1) is 9.22. The predicted octanol–water partition coefficient (Wildman–Crippen LogP) is 5.25. The summed E-state index contributed by atoms with van der Waals surface area (Å²) in [6.07, 6.45) is 8.88. The van der Waals surface area contributed by atoms with Gasteiger partial charge in [0, 0.05) is 11.8 Å². The number of rotatable bonds is 6. The lowest BCUT2D eigenvalue weighted by Gasteiger charge is -2.41. The molecule has 20 heavy (non-hydrogen) atoms. The Hall–Kier alpha value is -0.600. The molecule has 116 valence electrons. The van der Waals surface area contributed by atoms with Gasteiger partial charge in [-0.05, 0) is 47.0 Å². The van der Waals surface area contributed by atoms with Crippen molar-refractivity contribution in [2.75, 3.05) is 13.2 Å². The smallest absolute Gasteiger partial charge is 0.165 e. The molecule has 2 heteroatoms. The van der Waals surface area contributed by atoms with E-state index in [0.717, 1.165) is 38.9 Å². The Bertz CT molecular complexity index is 350. The molecule has 1 aliphatic heterocycles. The molecule has 0 aromatic heterocycles. The Morgan fingerprint density at radius 1 is 0.950 bits per heavy atom. The highest BCUT2D eigenvalue weighted by Crippen LogP contribution is 2.32. The van der Waals surface area contributed by atoms with Crippen molar-refractivity contribution in [3.05, 3.63) is 23.3 Å². The van der Waals surface area contributed by atoms with Gasteiger partial charge in [-0.3, -0.25) is 0 Å². The zero-order valence-electron chi connectivity index (χ0n) is 14.2. The van der Waals surface area contributed by atoms with Crippen LogP contribution in [0.2, 0.25) is 0 Å². The Kier molecular flexibility index (Phi) is 6.47. The van der Waals surface area contributed by atoms with Crippen molar-refractivity contribution in [3.8, 4) is 0 Å². The lowest BCUT2D eigenvalue weighted by Crippen LogP contribution is -2.45. The first-order valence-electron chi connectivity index (χ1n) is 7.79. The highest BCUT2D eigenvalue weighted by molar-refractivity contribution is 5.02. The largest absolute Gasteiger partial charge is 0.350 e. The Morgan fingerprint density at radius 3 is 2.10 bits per heavy atom. The molecule has 0 aromatic rings. The summed E-state index contributed by atoms with van der Waals surface area (Å²) in [7, 11) is 0.